The largest absolute Gasteiger partial charge is 0.461 e. The highest BCUT2D eigenvalue weighted by Crippen LogP contribution is 2.12. The zero-order chi connectivity index (χ0) is 13.7. The minimum Gasteiger partial charge on any atom is -0.461 e. The Bertz CT molecular complexity index is 557. The summed E-state index contributed by atoms with van der Waals surface area (Å²) in [5.74, 6) is -0.287. The standard InChI is InChI=1S/C16H19NO2/c1-3-19-16(18)15-10-13(11-17-15)8-9-14-7-5-4-6-12(14)2/h4-7,10-11,17H,3,8-9H2,1-2H3. The second kappa shape index (κ2) is 6.23. The molecule has 0 saturated carbocycles. The highest BCUT2D eigenvalue weighted by Gasteiger charge is 2.09. The molecule has 0 fully saturated rings. The molecule has 1 aromatic carbocycles. The molecule has 0 spiro atoms. The van der Waals surface area contributed by atoms with Crippen LogP contribution in [-0.4, -0.2) is 17.6 Å². The molecule has 3 heteroatoms. The summed E-state index contributed by atoms with van der Waals surface area (Å²) in [5.41, 5.74) is 4.32. The Morgan fingerprint density at radius 3 is 2.79 bits per heavy atom. The third-order valence-electron chi connectivity index (χ3n) is 3.18. The summed E-state index contributed by atoms with van der Waals surface area (Å²) in [6, 6.07) is 10.2. The molecule has 2 aromatic rings. The SMILES string of the molecule is CCOC(=O)c1cc(CCc2ccccc2C)c[nH]1. The van der Waals surface area contributed by atoms with Gasteiger partial charge in [0.05, 0.1) is 6.61 Å². The molecule has 3 nitrogen and oxygen atoms in total. The number of carbonyl (C=O) groups is 1. The Hall–Kier alpha value is -2.03. The van der Waals surface area contributed by atoms with E-state index in [1.807, 2.05) is 18.3 Å². The second-order valence-electron chi connectivity index (χ2n) is 4.57. The molecule has 0 aliphatic heterocycles. The number of esters is 1. The highest BCUT2D eigenvalue weighted by atomic mass is 16.5. The van der Waals surface area contributed by atoms with Crippen LogP contribution in [0.15, 0.2) is 36.5 Å². The second-order valence-corrected chi connectivity index (χ2v) is 4.57. The molecule has 19 heavy (non-hydrogen) atoms. The number of aromatic amines is 1. The normalized spacial score (nSPS) is 10.4. The van der Waals surface area contributed by atoms with Crippen molar-refractivity contribution in [1.29, 1.82) is 0 Å². The first kappa shape index (κ1) is 13.4. The smallest absolute Gasteiger partial charge is 0.354 e. The number of aryl methyl sites for hydroxylation is 3. The molecule has 0 unspecified atom stereocenters. The van der Waals surface area contributed by atoms with Crippen LogP contribution in [0.1, 0.15) is 34.1 Å². The molecule has 0 radical (unpaired) electrons. The van der Waals surface area contributed by atoms with Gasteiger partial charge in [0.25, 0.3) is 0 Å². The van der Waals surface area contributed by atoms with Crippen molar-refractivity contribution < 1.29 is 9.53 Å². The van der Waals surface area contributed by atoms with Gasteiger partial charge in [0, 0.05) is 6.20 Å². The zero-order valence-corrected chi connectivity index (χ0v) is 11.4. The maximum atomic E-state index is 11.5. The molecule has 2 rings (SSSR count). The van der Waals surface area contributed by atoms with Gasteiger partial charge >= 0.3 is 5.97 Å². The number of hydrogen-bond acceptors (Lipinski definition) is 2. The number of hydrogen-bond donors (Lipinski definition) is 1. The third-order valence-corrected chi connectivity index (χ3v) is 3.18. The first-order valence-corrected chi connectivity index (χ1v) is 6.59. The Labute approximate surface area is 113 Å². The number of ether oxygens (including phenoxy) is 1. The van der Waals surface area contributed by atoms with E-state index in [9.17, 15) is 4.79 Å². The van der Waals surface area contributed by atoms with Gasteiger partial charge in [-0.05, 0) is 49.4 Å². The van der Waals surface area contributed by atoms with Crippen LogP contribution in [0.5, 0.6) is 0 Å². The predicted molar refractivity (Wildman–Crippen MR) is 75.3 cm³/mol. The van der Waals surface area contributed by atoms with Gasteiger partial charge in [0.1, 0.15) is 5.69 Å². The fourth-order valence-electron chi connectivity index (χ4n) is 2.08. The first-order valence-electron chi connectivity index (χ1n) is 6.59. The lowest BCUT2D eigenvalue weighted by Crippen LogP contribution is -2.04. The molecule has 0 atom stereocenters. The number of benzene rings is 1. The Morgan fingerprint density at radius 2 is 2.05 bits per heavy atom. The predicted octanol–water partition coefficient (Wildman–Crippen LogP) is 3.29. The Kier molecular flexibility index (Phi) is 4.39. The number of aromatic nitrogens is 1. The maximum Gasteiger partial charge on any atom is 0.354 e. The van der Waals surface area contributed by atoms with Crippen molar-refractivity contribution in [3.05, 3.63) is 58.9 Å². The van der Waals surface area contributed by atoms with Crippen LogP contribution < -0.4 is 0 Å². The molecule has 0 saturated heterocycles. The van der Waals surface area contributed by atoms with Gasteiger partial charge in [-0.1, -0.05) is 24.3 Å². The van der Waals surface area contributed by atoms with Gasteiger partial charge in [-0.25, -0.2) is 4.79 Å². The zero-order valence-electron chi connectivity index (χ0n) is 11.4. The summed E-state index contributed by atoms with van der Waals surface area (Å²) in [4.78, 5) is 14.5. The van der Waals surface area contributed by atoms with E-state index in [-0.39, 0.29) is 5.97 Å². The molecule has 100 valence electrons. The van der Waals surface area contributed by atoms with Gasteiger partial charge in [0.2, 0.25) is 0 Å². The van der Waals surface area contributed by atoms with Crippen molar-refractivity contribution in [2.75, 3.05) is 6.61 Å². The van der Waals surface area contributed by atoms with E-state index in [1.54, 1.807) is 6.92 Å². The number of rotatable bonds is 5. The van der Waals surface area contributed by atoms with Crippen molar-refractivity contribution in [3.8, 4) is 0 Å². The number of H-pyrrole nitrogens is 1. The molecule has 0 aliphatic rings. The van der Waals surface area contributed by atoms with Crippen LogP contribution in [0, 0.1) is 6.92 Å². The molecule has 1 aromatic heterocycles. The minimum absolute atomic E-state index is 0.287. The molecule has 0 bridgehead atoms. The monoisotopic (exact) mass is 257 g/mol. The fraction of sp³-hybridized carbons (Fsp3) is 0.312. The van der Waals surface area contributed by atoms with Crippen molar-refractivity contribution >= 4 is 5.97 Å². The average molecular weight is 257 g/mol. The maximum absolute atomic E-state index is 11.5. The minimum atomic E-state index is -0.287. The van der Waals surface area contributed by atoms with E-state index in [0.717, 1.165) is 18.4 Å². The average Bonchev–Trinajstić information content (AvgIpc) is 2.87. The molecule has 0 aliphatic carbocycles. The van der Waals surface area contributed by atoms with Crippen molar-refractivity contribution in [2.45, 2.75) is 26.7 Å². The lowest BCUT2D eigenvalue weighted by molar-refractivity contribution is 0.0520. The van der Waals surface area contributed by atoms with E-state index < -0.39 is 0 Å². The molecule has 1 N–H and O–H groups in total. The first-order chi connectivity index (χ1) is 9.20. The van der Waals surface area contributed by atoms with Crippen LogP contribution in [0.25, 0.3) is 0 Å². The van der Waals surface area contributed by atoms with Crippen LogP contribution in [0.2, 0.25) is 0 Å². The summed E-state index contributed by atoms with van der Waals surface area (Å²) >= 11 is 0. The molecular formula is C16H19NO2. The van der Waals surface area contributed by atoms with Gasteiger partial charge in [-0.15, -0.1) is 0 Å². The van der Waals surface area contributed by atoms with Crippen LogP contribution >= 0.6 is 0 Å². The summed E-state index contributed by atoms with van der Waals surface area (Å²) < 4.78 is 4.95. The summed E-state index contributed by atoms with van der Waals surface area (Å²) in [6.07, 6.45) is 3.78. The van der Waals surface area contributed by atoms with E-state index in [2.05, 4.69) is 30.1 Å². The van der Waals surface area contributed by atoms with Crippen LogP contribution in [0.3, 0.4) is 0 Å². The van der Waals surface area contributed by atoms with Crippen molar-refractivity contribution in [1.82, 2.24) is 4.98 Å². The summed E-state index contributed by atoms with van der Waals surface area (Å²) in [7, 11) is 0. The lowest BCUT2D eigenvalue weighted by atomic mass is 10.0. The Morgan fingerprint density at radius 1 is 1.26 bits per heavy atom. The van der Waals surface area contributed by atoms with E-state index in [4.69, 9.17) is 4.74 Å². The van der Waals surface area contributed by atoms with Crippen molar-refractivity contribution in [2.24, 2.45) is 0 Å². The Balaban J connectivity index is 1.97. The van der Waals surface area contributed by atoms with Crippen molar-refractivity contribution in [3.63, 3.8) is 0 Å². The van der Waals surface area contributed by atoms with Crippen LogP contribution in [0.4, 0.5) is 0 Å². The van der Waals surface area contributed by atoms with E-state index in [1.165, 1.54) is 11.1 Å². The number of carbonyl (C=O) groups excluding carboxylic acids is 1. The summed E-state index contributed by atoms with van der Waals surface area (Å²) in [5, 5.41) is 0. The molecule has 0 amide bonds. The van der Waals surface area contributed by atoms with Gasteiger partial charge in [0.15, 0.2) is 0 Å². The highest BCUT2D eigenvalue weighted by molar-refractivity contribution is 5.87. The van der Waals surface area contributed by atoms with Gasteiger partial charge in [-0.3, -0.25) is 0 Å². The van der Waals surface area contributed by atoms with Crippen LogP contribution in [-0.2, 0) is 17.6 Å². The lowest BCUT2D eigenvalue weighted by Gasteiger charge is -2.03. The quantitative estimate of drug-likeness (QED) is 0.835. The third kappa shape index (κ3) is 3.47. The molecular weight excluding hydrogens is 238 g/mol. The van der Waals surface area contributed by atoms with E-state index >= 15 is 0 Å². The van der Waals surface area contributed by atoms with Gasteiger partial charge in [-0.2, -0.15) is 0 Å². The summed E-state index contributed by atoms with van der Waals surface area (Å²) in [6.45, 7) is 4.33. The topological polar surface area (TPSA) is 42.1 Å². The molecule has 1 heterocycles. The van der Waals surface area contributed by atoms with Gasteiger partial charge < -0.3 is 9.72 Å². The number of nitrogens with one attached hydrogen (secondary N) is 1. The van der Waals surface area contributed by atoms with E-state index in [0.29, 0.717) is 12.3 Å². The fourth-order valence-corrected chi connectivity index (χ4v) is 2.08.